The summed E-state index contributed by atoms with van der Waals surface area (Å²) in [7, 11) is 1.59. The van der Waals surface area contributed by atoms with Crippen molar-refractivity contribution in [3.8, 4) is 0 Å². The van der Waals surface area contributed by atoms with Gasteiger partial charge in [0.25, 0.3) is 5.91 Å². The molecule has 21 heavy (non-hydrogen) atoms. The van der Waals surface area contributed by atoms with Crippen molar-refractivity contribution in [2.24, 2.45) is 0 Å². The number of likely N-dealkylation sites (N-methyl/N-ethyl adjacent to an activating group) is 1. The van der Waals surface area contributed by atoms with Gasteiger partial charge in [-0.2, -0.15) is 4.37 Å². The number of carbonyl (C=O) groups is 2. The fourth-order valence-electron chi connectivity index (χ4n) is 1.98. The molecule has 0 atom stereocenters. The maximum Gasteiger partial charge on any atom is 0.258 e. The molecule has 0 spiro atoms. The summed E-state index contributed by atoms with van der Waals surface area (Å²) in [6.07, 6.45) is 2.88. The minimum absolute atomic E-state index is 0.107. The highest BCUT2D eigenvalue weighted by molar-refractivity contribution is 7.11. The van der Waals surface area contributed by atoms with Crippen LogP contribution in [0.2, 0.25) is 0 Å². The first kappa shape index (κ1) is 15.6. The number of carbonyl (C=O) groups excluding carboxylic acids is 2. The second kappa shape index (κ2) is 6.75. The Morgan fingerprint density at radius 2 is 2.19 bits per heavy atom. The first-order valence-corrected chi connectivity index (χ1v) is 7.85. The summed E-state index contributed by atoms with van der Waals surface area (Å²) in [6.45, 7) is 2.87. The highest BCUT2D eigenvalue weighted by Crippen LogP contribution is 2.31. The zero-order valence-corrected chi connectivity index (χ0v) is 13.1. The molecule has 2 amide bonds. The Hall–Kier alpha value is -1.83. The molecule has 116 valence electrons. The Balaban J connectivity index is 2.22. The second-order valence-electron chi connectivity index (χ2n) is 5.09. The van der Waals surface area contributed by atoms with Crippen LogP contribution < -0.4 is 21.3 Å². The first-order chi connectivity index (χ1) is 10.1. The molecule has 8 heteroatoms. The summed E-state index contributed by atoms with van der Waals surface area (Å²) in [5.74, 6) is -0.0770. The fourth-order valence-corrected chi connectivity index (χ4v) is 2.82. The summed E-state index contributed by atoms with van der Waals surface area (Å²) >= 11 is 1.16. The van der Waals surface area contributed by atoms with Gasteiger partial charge in [-0.05, 0) is 30.8 Å². The van der Waals surface area contributed by atoms with Gasteiger partial charge in [-0.3, -0.25) is 9.59 Å². The van der Waals surface area contributed by atoms with E-state index in [1.807, 2.05) is 11.8 Å². The van der Waals surface area contributed by atoms with Crippen LogP contribution in [-0.2, 0) is 4.79 Å². The lowest BCUT2D eigenvalue weighted by Gasteiger charge is -2.22. The molecular weight excluding hydrogens is 290 g/mol. The smallest absolute Gasteiger partial charge is 0.258 e. The lowest BCUT2D eigenvalue weighted by molar-refractivity contribution is -0.119. The van der Waals surface area contributed by atoms with Gasteiger partial charge in [0.15, 0.2) is 5.82 Å². The van der Waals surface area contributed by atoms with Crippen LogP contribution in [-0.4, -0.2) is 42.4 Å². The quantitative estimate of drug-likeness (QED) is 0.684. The second-order valence-corrected chi connectivity index (χ2v) is 5.84. The van der Waals surface area contributed by atoms with Crippen molar-refractivity contribution < 1.29 is 9.59 Å². The van der Waals surface area contributed by atoms with Crippen LogP contribution in [0.15, 0.2) is 0 Å². The van der Waals surface area contributed by atoms with Crippen LogP contribution in [0.4, 0.5) is 10.8 Å². The molecule has 1 heterocycles. The van der Waals surface area contributed by atoms with Gasteiger partial charge in [-0.1, -0.05) is 6.92 Å². The number of nitrogens with two attached hydrogens (primary N) is 1. The van der Waals surface area contributed by atoms with Gasteiger partial charge in [0.05, 0.1) is 6.54 Å². The molecule has 0 unspecified atom stereocenters. The van der Waals surface area contributed by atoms with Gasteiger partial charge in [0.1, 0.15) is 10.6 Å². The Morgan fingerprint density at radius 3 is 2.76 bits per heavy atom. The first-order valence-electron chi connectivity index (χ1n) is 7.08. The average molecular weight is 311 g/mol. The van der Waals surface area contributed by atoms with Crippen molar-refractivity contribution in [3.05, 3.63) is 5.56 Å². The third-order valence-electron chi connectivity index (χ3n) is 3.23. The van der Waals surface area contributed by atoms with E-state index in [4.69, 9.17) is 5.73 Å². The van der Waals surface area contributed by atoms with E-state index in [0.29, 0.717) is 17.1 Å². The largest absolute Gasteiger partial charge is 0.382 e. The van der Waals surface area contributed by atoms with Crippen LogP contribution in [0.3, 0.4) is 0 Å². The average Bonchev–Trinajstić information content (AvgIpc) is 3.18. The van der Waals surface area contributed by atoms with E-state index < -0.39 is 0 Å². The summed E-state index contributed by atoms with van der Waals surface area (Å²) in [5, 5.41) is 6.18. The number of nitrogens with one attached hydrogen (secondary N) is 2. The monoisotopic (exact) mass is 311 g/mol. The number of nitrogen functional groups attached to an aromatic ring is 1. The zero-order chi connectivity index (χ0) is 15.4. The summed E-state index contributed by atoms with van der Waals surface area (Å²) < 4.78 is 4.09. The number of hydrogen-bond acceptors (Lipinski definition) is 6. The van der Waals surface area contributed by atoms with Crippen molar-refractivity contribution >= 4 is 34.2 Å². The molecule has 2 rings (SSSR count). The van der Waals surface area contributed by atoms with Gasteiger partial charge in [0.2, 0.25) is 5.91 Å². The number of nitrogens with zero attached hydrogens (tertiary/aromatic N) is 2. The van der Waals surface area contributed by atoms with E-state index in [-0.39, 0.29) is 30.2 Å². The highest BCUT2D eigenvalue weighted by atomic mass is 32.1. The van der Waals surface area contributed by atoms with Crippen LogP contribution in [0.1, 0.15) is 36.5 Å². The standard InChI is InChI=1S/C13H21N5O2S/c1-3-6-18(7-9(19)15-2)13-10(11(14)17-21-13)12(20)16-8-4-5-8/h8H,3-7H2,1-2H3,(H2,14,17)(H,15,19)(H,16,20). The molecule has 4 N–H and O–H groups in total. The predicted octanol–water partition coefficient (Wildman–Crippen LogP) is 0.580. The molecule has 0 aliphatic heterocycles. The van der Waals surface area contributed by atoms with Gasteiger partial charge in [0, 0.05) is 19.6 Å². The topological polar surface area (TPSA) is 100 Å². The fraction of sp³-hybridized carbons (Fsp3) is 0.615. The van der Waals surface area contributed by atoms with E-state index in [2.05, 4.69) is 15.0 Å². The molecule has 7 nitrogen and oxygen atoms in total. The Bertz CT molecular complexity index is 527. The van der Waals surface area contributed by atoms with Crippen molar-refractivity contribution in [1.82, 2.24) is 15.0 Å². The number of hydrogen-bond donors (Lipinski definition) is 3. The SMILES string of the molecule is CCCN(CC(=O)NC)c1snc(N)c1C(=O)NC1CC1. The van der Waals surface area contributed by atoms with Gasteiger partial charge >= 0.3 is 0 Å². The van der Waals surface area contributed by atoms with Crippen LogP contribution >= 0.6 is 11.5 Å². The maximum atomic E-state index is 12.3. The Morgan fingerprint density at radius 1 is 1.48 bits per heavy atom. The van der Waals surface area contributed by atoms with Crippen molar-refractivity contribution in [3.63, 3.8) is 0 Å². The number of amides is 2. The molecule has 0 bridgehead atoms. The van der Waals surface area contributed by atoms with Crippen molar-refractivity contribution in [2.45, 2.75) is 32.2 Å². The molecule has 1 aliphatic carbocycles. The zero-order valence-electron chi connectivity index (χ0n) is 12.3. The van der Waals surface area contributed by atoms with E-state index in [1.165, 1.54) is 0 Å². The van der Waals surface area contributed by atoms with Crippen molar-refractivity contribution in [2.75, 3.05) is 30.8 Å². The van der Waals surface area contributed by atoms with Gasteiger partial charge < -0.3 is 21.3 Å². The molecule has 1 fully saturated rings. The summed E-state index contributed by atoms with van der Waals surface area (Å²) in [4.78, 5) is 25.8. The van der Waals surface area contributed by atoms with Crippen LogP contribution in [0.5, 0.6) is 0 Å². The van der Waals surface area contributed by atoms with E-state index in [9.17, 15) is 9.59 Å². The summed E-state index contributed by atoms with van der Waals surface area (Å²) in [6, 6.07) is 0.253. The highest BCUT2D eigenvalue weighted by Gasteiger charge is 2.29. The van der Waals surface area contributed by atoms with E-state index in [1.54, 1.807) is 7.05 Å². The Labute approximate surface area is 128 Å². The predicted molar refractivity (Wildman–Crippen MR) is 83.6 cm³/mol. The third-order valence-corrected chi connectivity index (χ3v) is 4.16. The van der Waals surface area contributed by atoms with Crippen molar-refractivity contribution in [1.29, 1.82) is 0 Å². The summed E-state index contributed by atoms with van der Waals surface area (Å²) in [5.41, 5.74) is 6.24. The van der Waals surface area contributed by atoms with Gasteiger partial charge in [-0.25, -0.2) is 0 Å². The maximum absolute atomic E-state index is 12.3. The normalized spacial score (nSPS) is 13.8. The van der Waals surface area contributed by atoms with Gasteiger partial charge in [-0.15, -0.1) is 0 Å². The molecule has 0 saturated heterocycles. The number of rotatable bonds is 7. The molecule has 0 aromatic carbocycles. The minimum Gasteiger partial charge on any atom is -0.382 e. The van der Waals surface area contributed by atoms with Crippen LogP contribution in [0.25, 0.3) is 0 Å². The lowest BCUT2D eigenvalue weighted by Crippen LogP contribution is -2.37. The minimum atomic E-state index is -0.197. The third kappa shape index (κ3) is 3.84. The number of anilines is 2. The van der Waals surface area contributed by atoms with Crippen LogP contribution in [0, 0.1) is 0 Å². The molecule has 1 saturated carbocycles. The van der Waals surface area contributed by atoms with E-state index >= 15 is 0 Å². The Kier molecular flexibility index (Phi) is 5.00. The molecule has 1 aromatic heterocycles. The molecular formula is C13H21N5O2S. The molecule has 1 aliphatic rings. The number of aromatic nitrogens is 1. The lowest BCUT2D eigenvalue weighted by atomic mass is 10.2. The van der Waals surface area contributed by atoms with E-state index in [0.717, 1.165) is 30.8 Å². The molecule has 1 aromatic rings. The molecule has 0 radical (unpaired) electrons.